The third-order valence-electron chi connectivity index (χ3n) is 13.5. The van der Waals surface area contributed by atoms with Crippen LogP contribution in [0.1, 0.15) is 108 Å². The first-order chi connectivity index (χ1) is 26.6. The largest absolute Gasteiger partial charge is 0.483 e. The molecule has 13 nitrogen and oxygen atoms in total. The fraction of sp³-hybridized carbons (Fsp3) is 0.634. The minimum absolute atomic E-state index is 0.0268. The molecule has 0 radical (unpaired) electrons. The van der Waals surface area contributed by atoms with Gasteiger partial charge in [0.2, 0.25) is 21.8 Å². The number of hydrogen-bond acceptors (Lipinski definition) is 8. The number of allylic oxidation sites excluding steroid dienone is 1. The van der Waals surface area contributed by atoms with Gasteiger partial charge in [-0.15, -0.1) is 0 Å². The van der Waals surface area contributed by atoms with Crippen molar-refractivity contribution in [2.45, 2.75) is 138 Å². The second-order valence-electron chi connectivity index (χ2n) is 17.5. The van der Waals surface area contributed by atoms with Crippen LogP contribution in [0.5, 0.6) is 5.75 Å². The van der Waals surface area contributed by atoms with Crippen molar-refractivity contribution >= 4 is 56.3 Å². The number of ether oxygens (including phenoxy) is 1. The van der Waals surface area contributed by atoms with Crippen molar-refractivity contribution in [3.05, 3.63) is 46.6 Å². The number of fused-ring (bicyclic) bond motifs is 5. The van der Waals surface area contributed by atoms with E-state index in [9.17, 15) is 27.9 Å². The number of carbonyl (C=O) groups is 4. The van der Waals surface area contributed by atoms with E-state index in [4.69, 9.17) is 21.3 Å². The maximum absolute atomic E-state index is 15.1. The summed E-state index contributed by atoms with van der Waals surface area (Å²) < 4.78 is 34.6. The molecule has 3 aliphatic carbocycles. The molecule has 1 saturated heterocycles. The number of nitrogens with zero attached hydrogens (tertiary/aromatic N) is 3. The van der Waals surface area contributed by atoms with Gasteiger partial charge < -0.3 is 20.1 Å². The molecule has 1 aromatic heterocycles. The molecule has 1 aromatic carbocycles. The van der Waals surface area contributed by atoms with E-state index in [1.54, 1.807) is 13.0 Å². The van der Waals surface area contributed by atoms with E-state index in [0.29, 0.717) is 61.4 Å². The molecular formula is C41H52ClN5O8S. The summed E-state index contributed by atoms with van der Waals surface area (Å²) >= 11 is 6.40. The van der Waals surface area contributed by atoms with Crippen molar-refractivity contribution in [2.24, 2.45) is 11.8 Å². The quantitative estimate of drug-likeness (QED) is 0.305. The molecule has 8 rings (SSSR count). The van der Waals surface area contributed by atoms with Gasteiger partial charge in [-0.05, 0) is 102 Å². The van der Waals surface area contributed by atoms with Gasteiger partial charge in [-0.25, -0.2) is 18.2 Å². The Morgan fingerprint density at radius 1 is 1.09 bits per heavy atom. The number of pyridine rings is 1. The maximum Gasteiger partial charge on any atom is 0.407 e. The lowest BCUT2D eigenvalue weighted by Gasteiger charge is -2.37. The van der Waals surface area contributed by atoms with Crippen molar-refractivity contribution in [1.29, 1.82) is 0 Å². The van der Waals surface area contributed by atoms with Crippen molar-refractivity contribution < 1.29 is 37.4 Å². The van der Waals surface area contributed by atoms with Crippen LogP contribution in [0.15, 0.2) is 30.4 Å². The number of sulfonamides is 1. The highest BCUT2D eigenvalue weighted by Gasteiger charge is 2.64. The first kappa shape index (κ1) is 38.9. The van der Waals surface area contributed by atoms with E-state index in [1.165, 1.54) is 9.80 Å². The van der Waals surface area contributed by atoms with Gasteiger partial charge in [-0.3, -0.25) is 24.0 Å². The molecule has 3 aliphatic heterocycles. The molecule has 4 heterocycles. The molecule has 4 fully saturated rings. The highest BCUT2D eigenvalue weighted by Crippen LogP contribution is 2.49. The van der Waals surface area contributed by atoms with Gasteiger partial charge in [0, 0.05) is 34.9 Å². The van der Waals surface area contributed by atoms with Crippen LogP contribution in [-0.4, -0.2) is 93.2 Å². The summed E-state index contributed by atoms with van der Waals surface area (Å²) in [5.74, 6) is -1.55. The number of halogens is 1. The number of aryl methyl sites for hydroxylation is 2. The highest BCUT2D eigenvalue weighted by atomic mass is 35.5. The zero-order valence-electron chi connectivity index (χ0n) is 32.1. The summed E-state index contributed by atoms with van der Waals surface area (Å²) in [4.78, 5) is 64.4. The average molecular weight is 810 g/mol. The molecule has 0 unspecified atom stereocenters. The Labute approximate surface area is 333 Å². The van der Waals surface area contributed by atoms with Crippen molar-refractivity contribution in [1.82, 2.24) is 24.8 Å². The smallest absolute Gasteiger partial charge is 0.407 e. The molecule has 5 atom stereocenters. The number of benzene rings is 1. The first-order valence-electron chi connectivity index (χ1n) is 20.3. The maximum atomic E-state index is 15.1. The minimum Gasteiger partial charge on any atom is -0.483 e. The molecule has 3 N–H and O–H groups in total. The topological polar surface area (TPSA) is 175 Å². The SMILES string of the molecule is Cc1nc2ccc(Cl)cc2c2c1O[C@]1(CC2)C[C@H]2C(=O)N[C@]3(C(=O)NS(=O)(=O)C4(C)CC4)C[C@H]3/C=C\CCCCC[C@H](N(CC3CCCC3)C(=O)O)C(=O)N2C1. The second kappa shape index (κ2) is 14.5. The molecule has 1 spiro atoms. The molecular weight excluding hydrogens is 758 g/mol. The summed E-state index contributed by atoms with van der Waals surface area (Å²) in [6, 6.07) is 3.39. The van der Waals surface area contributed by atoms with Crippen LogP contribution in [0.3, 0.4) is 0 Å². The monoisotopic (exact) mass is 809 g/mol. The van der Waals surface area contributed by atoms with Crippen molar-refractivity contribution in [3.8, 4) is 5.75 Å². The van der Waals surface area contributed by atoms with Crippen LogP contribution in [0.4, 0.5) is 4.79 Å². The van der Waals surface area contributed by atoms with E-state index >= 15 is 4.79 Å². The minimum atomic E-state index is -4.00. The van der Waals surface area contributed by atoms with Gasteiger partial charge >= 0.3 is 6.09 Å². The van der Waals surface area contributed by atoms with Gasteiger partial charge in [0.05, 0.1) is 22.5 Å². The third-order valence-corrected chi connectivity index (χ3v) is 15.9. The zero-order chi connectivity index (χ0) is 39.6. The van der Waals surface area contributed by atoms with Crippen LogP contribution in [-0.2, 0) is 30.8 Å². The van der Waals surface area contributed by atoms with Crippen LogP contribution in [0.2, 0.25) is 5.02 Å². The summed E-state index contributed by atoms with van der Waals surface area (Å²) in [5, 5.41) is 15.0. The van der Waals surface area contributed by atoms with Crippen LogP contribution >= 0.6 is 11.6 Å². The average Bonchev–Trinajstić information content (AvgIpc) is 3.94. The second-order valence-corrected chi connectivity index (χ2v) is 20.1. The number of hydrogen-bond donors (Lipinski definition) is 3. The van der Waals surface area contributed by atoms with Crippen molar-refractivity contribution in [2.75, 3.05) is 13.1 Å². The Balaban J connectivity index is 1.16. The lowest BCUT2D eigenvalue weighted by atomic mass is 9.87. The van der Waals surface area contributed by atoms with Gasteiger partial charge in [0.1, 0.15) is 29.0 Å². The lowest BCUT2D eigenvalue weighted by molar-refractivity contribution is -0.143. The Kier molecular flexibility index (Phi) is 10.1. The highest BCUT2D eigenvalue weighted by molar-refractivity contribution is 7.91. The Morgan fingerprint density at radius 2 is 1.84 bits per heavy atom. The fourth-order valence-electron chi connectivity index (χ4n) is 9.61. The molecule has 56 heavy (non-hydrogen) atoms. The van der Waals surface area contributed by atoms with E-state index < -0.39 is 67.7 Å². The number of amides is 4. The predicted octanol–water partition coefficient (Wildman–Crippen LogP) is 5.79. The Hall–Kier alpha value is -3.91. The van der Waals surface area contributed by atoms with Crippen LogP contribution in [0, 0.1) is 18.8 Å². The van der Waals surface area contributed by atoms with E-state index in [0.717, 1.165) is 55.0 Å². The third kappa shape index (κ3) is 7.13. The van der Waals surface area contributed by atoms with Gasteiger partial charge in [0.15, 0.2) is 0 Å². The molecule has 4 amide bonds. The number of carbonyl (C=O) groups excluding carboxylic acids is 3. The summed E-state index contributed by atoms with van der Waals surface area (Å²) in [7, 11) is -4.00. The first-order valence-corrected chi connectivity index (χ1v) is 22.1. The number of aromatic nitrogens is 1. The van der Waals surface area contributed by atoms with E-state index in [2.05, 4.69) is 10.0 Å². The molecule has 302 valence electrons. The Bertz CT molecular complexity index is 2100. The van der Waals surface area contributed by atoms with Gasteiger partial charge in [-0.1, -0.05) is 49.4 Å². The molecule has 3 saturated carbocycles. The number of nitrogens with one attached hydrogen (secondary N) is 2. The van der Waals surface area contributed by atoms with Crippen LogP contribution in [0.25, 0.3) is 10.9 Å². The number of rotatable bonds is 6. The molecule has 0 bridgehead atoms. The van der Waals surface area contributed by atoms with Crippen molar-refractivity contribution in [3.63, 3.8) is 0 Å². The fourth-order valence-corrected chi connectivity index (χ4v) is 11.1. The Morgan fingerprint density at radius 3 is 2.57 bits per heavy atom. The summed E-state index contributed by atoms with van der Waals surface area (Å²) in [5.41, 5.74) is -0.145. The van der Waals surface area contributed by atoms with Gasteiger partial charge in [-0.2, -0.15) is 0 Å². The molecule has 2 aromatic rings. The summed E-state index contributed by atoms with van der Waals surface area (Å²) in [6.45, 7) is 3.73. The van der Waals surface area contributed by atoms with Gasteiger partial charge in [0.25, 0.3) is 5.91 Å². The van der Waals surface area contributed by atoms with E-state index in [1.807, 2.05) is 31.2 Å². The summed E-state index contributed by atoms with van der Waals surface area (Å²) in [6.07, 6.45) is 11.9. The van der Waals surface area contributed by atoms with E-state index in [-0.39, 0.29) is 31.8 Å². The molecule has 6 aliphatic rings. The normalized spacial score (nSPS) is 30.9. The zero-order valence-corrected chi connectivity index (χ0v) is 33.7. The lowest BCUT2D eigenvalue weighted by Crippen LogP contribution is -2.59. The van der Waals surface area contributed by atoms with Crippen LogP contribution < -0.4 is 14.8 Å². The predicted molar refractivity (Wildman–Crippen MR) is 210 cm³/mol. The number of carboxylic acid groups (broad SMARTS) is 1. The molecule has 15 heteroatoms. The standard InChI is InChI=1S/C41H52ClN5O8S/c1-25-34-29(30-20-28(42)14-15-31(30)43-25)16-17-40(55-34)22-33-35(48)44-41(37(50)45-56(53,54)39(2)18-19-39)21-27(41)12-6-4-3-5-7-13-32(36(49)47(33)24-40)46(38(51)52)23-26-10-8-9-11-26/h6,12,14-15,20,26-27,32-33H,3-5,7-11,13,16-19,21-24H2,1-2H3,(H,44,48)(H,45,50)(H,51,52)/b12-6-/t27-,32+,33+,40-,41-/m1/s1.